The fourth-order valence-corrected chi connectivity index (χ4v) is 2.71. The van der Waals surface area contributed by atoms with E-state index in [4.69, 9.17) is 4.74 Å². The lowest BCUT2D eigenvalue weighted by molar-refractivity contribution is -0.274. The average molecular weight is 393 g/mol. The van der Waals surface area contributed by atoms with Crippen molar-refractivity contribution in [1.29, 1.82) is 0 Å². The number of hydrogen-bond donors (Lipinski definition) is 0. The van der Waals surface area contributed by atoms with Crippen molar-refractivity contribution in [2.45, 2.75) is 12.8 Å². The van der Waals surface area contributed by atoms with Gasteiger partial charge in [0.25, 0.3) is 11.8 Å². The van der Waals surface area contributed by atoms with Crippen molar-refractivity contribution in [3.05, 3.63) is 65.2 Å². The largest absolute Gasteiger partial charge is 0.573 e. The van der Waals surface area contributed by atoms with Crippen LogP contribution in [0.15, 0.2) is 48.5 Å². The fourth-order valence-electron chi connectivity index (χ4n) is 2.71. The van der Waals surface area contributed by atoms with Gasteiger partial charge in [-0.25, -0.2) is 4.79 Å². The molecule has 0 unspecified atom stereocenters. The second kappa shape index (κ2) is 7.71. The van der Waals surface area contributed by atoms with Crippen molar-refractivity contribution in [3.63, 3.8) is 0 Å². The van der Waals surface area contributed by atoms with E-state index < -0.39 is 29.9 Å². The monoisotopic (exact) mass is 393 g/mol. The van der Waals surface area contributed by atoms with Crippen LogP contribution in [0.25, 0.3) is 0 Å². The number of rotatable bonds is 6. The second-order valence-corrected chi connectivity index (χ2v) is 5.87. The van der Waals surface area contributed by atoms with E-state index in [1.807, 2.05) is 0 Å². The summed E-state index contributed by atoms with van der Waals surface area (Å²) in [5.41, 5.74) is 0.728. The fraction of sp³-hybridized carbons (Fsp3) is 0.211. The normalized spacial score (nSPS) is 13.5. The first-order chi connectivity index (χ1) is 13.3. The number of carbonyl (C=O) groups is 3. The minimum absolute atomic E-state index is 0.0512. The van der Waals surface area contributed by atoms with Crippen LogP contribution in [0.3, 0.4) is 0 Å². The molecule has 0 bridgehead atoms. The molecule has 2 aromatic carbocycles. The smallest absolute Gasteiger partial charge is 0.462 e. The molecule has 1 aliphatic heterocycles. The van der Waals surface area contributed by atoms with Gasteiger partial charge in [0.15, 0.2) is 0 Å². The van der Waals surface area contributed by atoms with E-state index >= 15 is 0 Å². The van der Waals surface area contributed by atoms with Gasteiger partial charge in [-0.15, -0.1) is 13.2 Å². The number of hydrogen-bond acceptors (Lipinski definition) is 5. The van der Waals surface area contributed by atoms with E-state index in [0.717, 1.165) is 29.2 Å². The third kappa shape index (κ3) is 4.30. The van der Waals surface area contributed by atoms with Crippen LogP contribution in [0.5, 0.6) is 5.75 Å². The summed E-state index contributed by atoms with van der Waals surface area (Å²) in [6, 6.07) is 10.8. The van der Waals surface area contributed by atoms with Crippen molar-refractivity contribution in [2.24, 2.45) is 0 Å². The van der Waals surface area contributed by atoms with Crippen molar-refractivity contribution >= 4 is 17.8 Å². The molecule has 0 aliphatic carbocycles. The molecule has 0 atom stereocenters. The van der Waals surface area contributed by atoms with Gasteiger partial charge in [0.05, 0.1) is 23.3 Å². The molecule has 2 aromatic rings. The standard InChI is InChI=1S/C19H14F3NO5/c20-19(21,22)28-13-8-6-12(7-9-13)18(26)27-11-3-10-23-16(24)14-4-1-2-5-15(14)17(23)25/h1-2,4-9H,3,10-11H2. The van der Waals surface area contributed by atoms with Gasteiger partial charge in [-0.1, -0.05) is 12.1 Å². The van der Waals surface area contributed by atoms with Crippen LogP contribution in [0.2, 0.25) is 0 Å². The van der Waals surface area contributed by atoms with E-state index in [0.29, 0.717) is 11.1 Å². The first kappa shape index (κ1) is 19.4. The van der Waals surface area contributed by atoms with Gasteiger partial charge < -0.3 is 9.47 Å². The Balaban J connectivity index is 1.47. The zero-order chi connectivity index (χ0) is 20.3. The second-order valence-electron chi connectivity index (χ2n) is 5.87. The highest BCUT2D eigenvalue weighted by atomic mass is 19.4. The first-order valence-electron chi connectivity index (χ1n) is 8.24. The maximum absolute atomic E-state index is 12.2. The lowest BCUT2D eigenvalue weighted by Crippen LogP contribution is -2.31. The highest BCUT2D eigenvalue weighted by Gasteiger charge is 2.34. The Hall–Kier alpha value is -3.36. The van der Waals surface area contributed by atoms with Gasteiger partial charge in [0, 0.05) is 6.54 Å². The van der Waals surface area contributed by atoms with Crippen molar-refractivity contribution < 1.29 is 37.0 Å². The van der Waals surface area contributed by atoms with Gasteiger partial charge in [0.1, 0.15) is 5.75 Å². The number of esters is 1. The number of nitrogens with zero attached hydrogens (tertiary/aromatic N) is 1. The summed E-state index contributed by atoms with van der Waals surface area (Å²) in [6.45, 7) is 0.0189. The molecule has 146 valence electrons. The third-order valence-electron chi connectivity index (χ3n) is 3.96. The van der Waals surface area contributed by atoms with Crippen LogP contribution in [-0.4, -0.2) is 42.2 Å². The van der Waals surface area contributed by atoms with Crippen LogP contribution in [-0.2, 0) is 4.74 Å². The molecule has 2 amide bonds. The van der Waals surface area contributed by atoms with Crippen LogP contribution in [0.4, 0.5) is 13.2 Å². The highest BCUT2D eigenvalue weighted by molar-refractivity contribution is 6.21. The lowest BCUT2D eigenvalue weighted by atomic mass is 10.1. The summed E-state index contributed by atoms with van der Waals surface area (Å²) >= 11 is 0. The zero-order valence-corrected chi connectivity index (χ0v) is 14.4. The first-order valence-corrected chi connectivity index (χ1v) is 8.24. The van der Waals surface area contributed by atoms with Gasteiger partial charge >= 0.3 is 12.3 Å². The Morgan fingerprint density at radius 3 is 2.04 bits per heavy atom. The number of carbonyl (C=O) groups excluding carboxylic acids is 3. The molecule has 6 nitrogen and oxygen atoms in total. The Morgan fingerprint density at radius 1 is 0.929 bits per heavy atom. The van der Waals surface area contributed by atoms with Crippen molar-refractivity contribution in [2.75, 3.05) is 13.2 Å². The highest BCUT2D eigenvalue weighted by Crippen LogP contribution is 2.24. The molecular weight excluding hydrogens is 379 g/mol. The number of fused-ring (bicyclic) bond motifs is 1. The Morgan fingerprint density at radius 2 is 1.50 bits per heavy atom. The molecule has 0 aromatic heterocycles. The van der Waals surface area contributed by atoms with E-state index in [1.165, 1.54) is 0 Å². The molecule has 0 fully saturated rings. The average Bonchev–Trinajstić information content (AvgIpc) is 2.89. The van der Waals surface area contributed by atoms with Crippen LogP contribution >= 0.6 is 0 Å². The molecule has 9 heteroatoms. The Bertz CT molecular complexity index is 874. The lowest BCUT2D eigenvalue weighted by Gasteiger charge is -2.13. The molecule has 0 saturated heterocycles. The number of amides is 2. The molecule has 0 radical (unpaired) electrons. The third-order valence-corrected chi connectivity index (χ3v) is 3.96. The number of ether oxygens (including phenoxy) is 2. The number of imide groups is 1. The molecule has 28 heavy (non-hydrogen) atoms. The van der Waals surface area contributed by atoms with Crippen molar-refractivity contribution in [1.82, 2.24) is 4.90 Å². The van der Waals surface area contributed by atoms with Gasteiger partial charge in [-0.05, 0) is 42.8 Å². The maximum atomic E-state index is 12.2. The van der Waals surface area contributed by atoms with E-state index in [-0.39, 0.29) is 25.1 Å². The summed E-state index contributed by atoms with van der Waals surface area (Å²) in [5.74, 6) is -1.98. The summed E-state index contributed by atoms with van der Waals surface area (Å²) in [7, 11) is 0. The zero-order valence-electron chi connectivity index (χ0n) is 14.4. The van der Waals surface area contributed by atoms with Crippen LogP contribution in [0, 0.1) is 0 Å². The number of halogens is 3. The molecular formula is C19H14F3NO5. The summed E-state index contributed by atoms with van der Waals surface area (Å²) in [5, 5.41) is 0. The van der Waals surface area contributed by atoms with Crippen molar-refractivity contribution in [3.8, 4) is 5.75 Å². The predicted octanol–water partition coefficient (Wildman–Crippen LogP) is 3.43. The van der Waals surface area contributed by atoms with E-state index in [9.17, 15) is 27.6 Å². The maximum Gasteiger partial charge on any atom is 0.573 e. The van der Waals surface area contributed by atoms with Gasteiger partial charge in [-0.2, -0.15) is 0 Å². The minimum Gasteiger partial charge on any atom is -0.462 e. The number of alkyl halides is 3. The van der Waals surface area contributed by atoms with E-state index in [1.54, 1.807) is 24.3 Å². The van der Waals surface area contributed by atoms with Gasteiger partial charge in [0.2, 0.25) is 0 Å². The number of benzene rings is 2. The molecule has 3 rings (SSSR count). The molecule has 1 aliphatic rings. The van der Waals surface area contributed by atoms with Crippen LogP contribution < -0.4 is 4.74 Å². The molecule has 1 heterocycles. The SMILES string of the molecule is O=C(OCCCN1C(=O)c2ccccc2C1=O)c1ccc(OC(F)(F)F)cc1. The molecule has 0 saturated carbocycles. The molecule has 0 N–H and O–H groups in total. The molecule has 0 spiro atoms. The quantitative estimate of drug-likeness (QED) is 0.427. The Labute approximate surface area is 157 Å². The van der Waals surface area contributed by atoms with E-state index in [2.05, 4.69) is 4.74 Å². The predicted molar refractivity (Wildman–Crippen MR) is 89.8 cm³/mol. The van der Waals surface area contributed by atoms with Gasteiger partial charge in [-0.3, -0.25) is 14.5 Å². The minimum atomic E-state index is -4.81. The Kier molecular flexibility index (Phi) is 5.34. The van der Waals surface area contributed by atoms with Crippen LogP contribution in [0.1, 0.15) is 37.5 Å². The summed E-state index contributed by atoms with van der Waals surface area (Å²) < 4.78 is 45.1. The summed E-state index contributed by atoms with van der Waals surface area (Å²) in [4.78, 5) is 37.4. The topological polar surface area (TPSA) is 72.9 Å². The summed E-state index contributed by atoms with van der Waals surface area (Å²) in [6.07, 6.45) is -4.58.